The Kier molecular flexibility index (Phi) is 6.33. The summed E-state index contributed by atoms with van der Waals surface area (Å²) in [4.78, 5) is 8.28. The molecule has 0 aliphatic heterocycles. The predicted molar refractivity (Wildman–Crippen MR) is 126 cm³/mol. The fourth-order valence-electron chi connectivity index (χ4n) is 4.06. The molecular weight excluding hydrogens is 646 g/mol. The van der Waals surface area contributed by atoms with E-state index in [0.29, 0.717) is 38.8 Å². The summed E-state index contributed by atoms with van der Waals surface area (Å²) in [5, 5.41) is 1.23. The molecule has 0 amide bonds. The Bertz CT molecular complexity index is 1720. The van der Waals surface area contributed by atoms with Crippen molar-refractivity contribution in [1.82, 2.24) is 14.5 Å². The van der Waals surface area contributed by atoms with Gasteiger partial charge in [-0.15, -0.1) is 12.1 Å². The van der Waals surface area contributed by atoms with Gasteiger partial charge in [0.15, 0.2) is 11.6 Å². The second kappa shape index (κ2) is 9.59. The van der Waals surface area contributed by atoms with E-state index in [2.05, 4.69) is 22.1 Å². The maximum Gasteiger partial charge on any atom is 2.00 e. The van der Waals surface area contributed by atoms with Crippen molar-refractivity contribution in [2.24, 2.45) is 0 Å². The van der Waals surface area contributed by atoms with Gasteiger partial charge in [0.1, 0.15) is 5.82 Å². The van der Waals surface area contributed by atoms with Crippen LogP contribution in [-0.2, 0) is 21.1 Å². The summed E-state index contributed by atoms with van der Waals surface area (Å²) < 4.78 is 50.6. The van der Waals surface area contributed by atoms with E-state index in [1.165, 1.54) is 42.6 Å². The van der Waals surface area contributed by atoms with Crippen LogP contribution in [0.5, 0.6) is 11.6 Å². The molecule has 0 saturated heterocycles. The Hall–Kier alpha value is -3.96. The third-order valence-electron chi connectivity index (χ3n) is 5.54. The quantitative estimate of drug-likeness (QED) is 0.191. The zero-order valence-corrected chi connectivity index (χ0v) is 20.6. The summed E-state index contributed by atoms with van der Waals surface area (Å²) in [6.07, 6.45) is 3.04. The fourth-order valence-corrected chi connectivity index (χ4v) is 4.06. The third-order valence-corrected chi connectivity index (χ3v) is 5.54. The topological polar surface area (TPSA) is 39.9 Å². The van der Waals surface area contributed by atoms with Crippen LogP contribution in [0.1, 0.15) is 0 Å². The van der Waals surface area contributed by atoms with Crippen LogP contribution in [0, 0.1) is 29.6 Å². The first kappa shape index (κ1) is 23.8. The summed E-state index contributed by atoms with van der Waals surface area (Å²) in [6.45, 7) is 0. The Balaban J connectivity index is 0.00000267. The third kappa shape index (κ3) is 4.27. The predicted octanol–water partition coefficient (Wildman–Crippen LogP) is 7.05. The number of hydrogen-bond acceptors (Lipinski definition) is 3. The van der Waals surface area contributed by atoms with Crippen LogP contribution in [0.4, 0.5) is 13.2 Å². The van der Waals surface area contributed by atoms with Gasteiger partial charge >= 0.3 is 21.1 Å². The van der Waals surface area contributed by atoms with Crippen molar-refractivity contribution in [3.05, 3.63) is 115 Å². The fraction of sp³-hybridized carbons (Fsp3) is 0. The van der Waals surface area contributed by atoms with Crippen molar-refractivity contribution in [2.45, 2.75) is 0 Å². The van der Waals surface area contributed by atoms with E-state index in [4.69, 9.17) is 4.74 Å². The maximum atomic E-state index is 14.8. The molecule has 0 bridgehead atoms. The van der Waals surface area contributed by atoms with Crippen molar-refractivity contribution in [1.29, 1.82) is 0 Å². The summed E-state index contributed by atoms with van der Waals surface area (Å²) in [6, 6.07) is 24.5. The number of hydrogen-bond donors (Lipinski definition) is 0. The summed E-state index contributed by atoms with van der Waals surface area (Å²) in [5.74, 6) is -1.00. The molecule has 0 spiro atoms. The van der Waals surface area contributed by atoms with Gasteiger partial charge in [-0.05, 0) is 47.3 Å². The molecule has 36 heavy (non-hydrogen) atoms. The minimum absolute atomic E-state index is 0. The summed E-state index contributed by atoms with van der Waals surface area (Å²) in [7, 11) is 0. The molecule has 0 saturated carbocycles. The smallest absolute Gasteiger partial charge is 0.460 e. The van der Waals surface area contributed by atoms with Crippen LogP contribution in [0.25, 0.3) is 38.8 Å². The maximum absolute atomic E-state index is 14.8. The molecule has 6 rings (SSSR count). The summed E-state index contributed by atoms with van der Waals surface area (Å²) in [5.41, 5.74) is 1.89. The summed E-state index contributed by atoms with van der Waals surface area (Å²) >= 11 is 0. The van der Waals surface area contributed by atoms with E-state index in [-0.39, 0.29) is 32.6 Å². The monoisotopic (exact) mass is 660 g/mol. The van der Waals surface area contributed by atoms with Gasteiger partial charge in [-0.3, -0.25) is 0 Å². The number of fused-ring (bicyclic) bond motifs is 3. The number of pyridine rings is 2. The number of rotatable bonds is 4. The number of nitrogens with zero attached hydrogens (tertiary/aromatic N) is 3. The second-order valence-corrected chi connectivity index (χ2v) is 7.79. The van der Waals surface area contributed by atoms with Crippen LogP contribution >= 0.6 is 0 Å². The van der Waals surface area contributed by atoms with Gasteiger partial charge < -0.3 is 9.30 Å². The zero-order chi connectivity index (χ0) is 23.9. The molecule has 0 unspecified atom stereocenters. The van der Waals surface area contributed by atoms with Gasteiger partial charge in [0.25, 0.3) is 0 Å². The van der Waals surface area contributed by atoms with Crippen LogP contribution in [0.3, 0.4) is 0 Å². The van der Waals surface area contributed by atoms with Gasteiger partial charge in [-0.2, -0.15) is 18.2 Å². The van der Waals surface area contributed by atoms with Gasteiger partial charge in [0, 0.05) is 35.5 Å². The Morgan fingerprint density at radius 1 is 0.722 bits per heavy atom. The van der Waals surface area contributed by atoms with Gasteiger partial charge in [0.2, 0.25) is 5.88 Å². The SMILES string of the molecule is Fc1cc(Oc2ccccn2)[c-]c(-c2[c-]c3c(cc2)c2cc(F)ccc2n3-c2ncccc2F)c1.[Pt+2]. The molecule has 0 aliphatic rings. The first-order valence-corrected chi connectivity index (χ1v) is 10.7. The molecule has 3 heterocycles. The Morgan fingerprint density at radius 3 is 2.39 bits per heavy atom. The number of benzene rings is 3. The van der Waals surface area contributed by atoms with Crippen molar-refractivity contribution >= 4 is 21.8 Å². The van der Waals surface area contributed by atoms with Gasteiger partial charge in [-0.25, -0.2) is 34.3 Å². The van der Waals surface area contributed by atoms with E-state index in [1.54, 1.807) is 47.2 Å². The van der Waals surface area contributed by atoms with Crippen molar-refractivity contribution in [2.75, 3.05) is 0 Å². The van der Waals surface area contributed by atoms with Crippen LogP contribution in [0.2, 0.25) is 0 Å². The molecule has 6 aromatic rings. The molecular formula is C28H14F3N3OPt. The van der Waals surface area contributed by atoms with E-state index in [9.17, 15) is 13.2 Å². The first-order valence-electron chi connectivity index (χ1n) is 10.7. The minimum Gasteiger partial charge on any atom is -0.460 e. The largest absolute Gasteiger partial charge is 2.00 e. The van der Waals surface area contributed by atoms with E-state index < -0.39 is 17.5 Å². The molecule has 0 aliphatic carbocycles. The molecule has 0 radical (unpaired) electrons. The molecule has 0 atom stereocenters. The molecule has 8 heteroatoms. The van der Waals surface area contributed by atoms with Gasteiger partial charge in [0.05, 0.1) is 0 Å². The van der Waals surface area contributed by atoms with Crippen molar-refractivity contribution in [3.8, 4) is 28.6 Å². The molecule has 4 nitrogen and oxygen atoms in total. The normalized spacial score (nSPS) is 11.0. The second-order valence-electron chi connectivity index (χ2n) is 7.79. The first-order chi connectivity index (χ1) is 17.1. The molecule has 0 fully saturated rings. The van der Waals surface area contributed by atoms with Crippen molar-refractivity contribution in [3.63, 3.8) is 0 Å². The molecule has 3 aromatic carbocycles. The number of ether oxygens (including phenoxy) is 1. The average molecular weight is 661 g/mol. The molecule has 178 valence electrons. The molecule has 0 N–H and O–H groups in total. The number of aromatic nitrogens is 3. The van der Waals surface area contributed by atoms with Crippen molar-refractivity contribution < 1.29 is 39.0 Å². The van der Waals surface area contributed by atoms with Gasteiger partial charge in [-0.1, -0.05) is 17.5 Å². The Labute approximate surface area is 218 Å². The molecule has 3 aromatic heterocycles. The Morgan fingerprint density at radius 2 is 1.58 bits per heavy atom. The minimum atomic E-state index is -0.544. The number of halogens is 3. The van der Waals surface area contributed by atoms with Crippen LogP contribution in [-0.4, -0.2) is 14.5 Å². The van der Waals surface area contributed by atoms with E-state index >= 15 is 0 Å². The standard InChI is InChI=1S/C28H14F3N3O.Pt/c29-19-7-9-25-23(16-19)22-8-6-17(14-26(22)34(25)28-24(31)4-3-11-33-28)18-12-20(30)15-21(13-18)35-27-5-1-2-10-32-27;/h1-12,15-16H;/q-2;+2. The van der Waals surface area contributed by atoms with Crippen LogP contribution in [0.15, 0.2) is 85.2 Å². The van der Waals surface area contributed by atoms with E-state index in [1.807, 2.05) is 0 Å². The van der Waals surface area contributed by atoms with Crippen LogP contribution < -0.4 is 4.74 Å². The average Bonchev–Trinajstić information content (AvgIpc) is 3.17. The van der Waals surface area contributed by atoms with E-state index in [0.717, 1.165) is 0 Å². The zero-order valence-electron chi connectivity index (χ0n) is 18.3.